The van der Waals surface area contributed by atoms with Gasteiger partial charge in [-0.3, -0.25) is 4.79 Å². The van der Waals surface area contributed by atoms with Gasteiger partial charge in [-0.05, 0) is 36.8 Å². The number of carbonyl (C=O) groups excluding carboxylic acids is 1. The predicted octanol–water partition coefficient (Wildman–Crippen LogP) is 5.64. The highest BCUT2D eigenvalue weighted by Crippen LogP contribution is 2.32. The third kappa shape index (κ3) is 3.30. The number of esters is 1. The van der Waals surface area contributed by atoms with E-state index in [1.807, 2.05) is 25.1 Å². The molecular formula is C23H15ClO4. The van der Waals surface area contributed by atoms with Gasteiger partial charge in [-0.25, -0.2) is 4.79 Å². The van der Waals surface area contributed by atoms with Crippen LogP contribution in [-0.4, -0.2) is 5.97 Å². The fourth-order valence-corrected chi connectivity index (χ4v) is 3.14. The van der Waals surface area contributed by atoms with Crippen LogP contribution in [0.2, 0.25) is 5.02 Å². The van der Waals surface area contributed by atoms with E-state index in [4.69, 9.17) is 20.8 Å². The lowest BCUT2D eigenvalue weighted by atomic mass is 10.1. The van der Waals surface area contributed by atoms with Crippen LogP contribution in [0, 0.1) is 6.92 Å². The van der Waals surface area contributed by atoms with Gasteiger partial charge in [0.15, 0.2) is 5.76 Å². The van der Waals surface area contributed by atoms with E-state index in [0.717, 1.165) is 5.56 Å². The van der Waals surface area contributed by atoms with E-state index in [0.29, 0.717) is 16.5 Å². The molecule has 1 aromatic heterocycles. The Morgan fingerprint density at radius 1 is 0.964 bits per heavy atom. The molecule has 0 fully saturated rings. The van der Waals surface area contributed by atoms with Gasteiger partial charge in [0.1, 0.15) is 5.58 Å². The van der Waals surface area contributed by atoms with Crippen molar-refractivity contribution in [2.75, 3.05) is 0 Å². The Balaban J connectivity index is 1.92. The molecule has 0 aliphatic carbocycles. The monoisotopic (exact) mass is 390 g/mol. The Kier molecular flexibility index (Phi) is 4.72. The molecule has 0 amide bonds. The fraction of sp³-hybridized carbons (Fsp3) is 0.0435. The maximum Gasteiger partial charge on any atom is 0.345 e. The number of carbonyl (C=O) groups is 1. The topological polar surface area (TPSA) is 56.5 Å². The summed E-state index contributed by atoms with van der Waals surface area (Å²) in [4.78, 5) is 25.8. The van der Waals surface area contributed by atoms with E-state index in [1.165, 1.54) is 0 Å². The van der Waals surface area contributed by atoms with Crippen molar-refractivity contribution in [3.8, 4) is 17.1 Å². The van der Waals surface area contributed by atoms with Crippen LogP contribution in [0.4, 0.5) is 0 Å². The minimum absolute atomic E-state index is 0.160. The highest BCUT2D eigenvalue weighted by atomic mass is 35.5. The van der Waals surface area contributed by atoms with Crippen LogP contribution in [0.3, 0.4) is 0 Å². The zero-order valence-electron chi connectivity index (χ0n) is 14.9. The second kappa shape index (κ2) is 7.33. The van der Waals surface area contributed by atoms with E-state index in [1.54, 1.807) is 54.6 Å². The molecule has 4 nitrogen and oxygen atoms in total. The van der Waals surface area contributed by atoms with Gasteiger partial charge < -0.3 is 9.15 Å². The predicted molar refractivity (Wildman–Crippen MR) is 109 cm³/mol. The molecule has 28 heavy (non-hydrogen) atoms. The molecule has 0 aliphatic rings. The van der Waals surface area contributed by atoms with Crippen LogP contribution in [-0.2, 0) is 0 Å². The zero-order chi connectivity index (χ0) is 19.7. The van der Waals surface area contributed by atoms with Crippen LogP contribution in [0.5, 0.6) is 5.75 Å². The SMILES string of the molecule is Cc1ccc2c(=O)c(OC(=O)c3ccccc3Cl)c(-c3ccccc3)oc2c1. The summed E-state index contributed by atoms with van der Waals surface area (Å²) < 4.78 is 11.5. The molecule has 1 heterocycles. The minimum Gasteiger partial charge on any atom is -0.452 e. The Morgan fingerprint density at radius 3 is 2.43 bits per heavy atom. The molecule has 0 atom stereocenters. The molecule has 3 aromatic carbocycles. The second-order valence-electron chi connectivity index (χ2n) is 6.32. The average molecular weight is 391 g/mol. The smallest absolute Gasteiger partial charge is 0.345 e. The second-order valence-corrected chi connectivity index (χ2v) is 6.73. The number of halogens is 1. The summed E-state index contributed by atoms with van der Waals surface area (Å²) in [7, 11) is 0. The van der Waals surface area contributed by atoms with Crippen molar-refractivity contribution in [2.24, 2.45) is 0 Å². The summed E-state index contributed by atoms with van der Waals surface area (Å²) in [6.45, 7) is 1.91. The maximum absolute atomic E-state index is 13.1. The standard InChI is InChI=1S/C23H15ClO4/c1-14-11-12-17-19(13-14)27-21(15-7-3-2-4-8-15)22(20(17)25)28-23(26)16-9-5-6-10-18(16)24/h2-13H,1H3. The third-order valence-electron chi connectivity index (χ3n) is 4.33. The highest BCUT2D eigenvalue weighted by molar-refractivity contribution is 6.33. The minimum atomic E-state index is -0.721. The van der Waals surface area contributed by atoms with E-state index < -0.39 is 11.4 Å². The van der Waals surface area contributed by atoms with E-state index in [9.17, 15) is 9.59 Å². The summed E-state index contributed by atoms with van der Waals surface area (Å²) in [5.41, 5.74) is 1.77. The molecule has 4 aromatic rings. The summed E-state index contributed by atoms with van der Waals surface area (Å²) in [6.07, 6.45) is 0. The molecule has 0 unspecified atom stereocenters. The Labute approximate surface area is 166 Å². The van der Waals surface area contributed by atoms with Crippen LogP contribution >= 0.6 is 11.6 Å². The van der Waals surface area contributed by atoms with Crippen molar-refractivity contribution in [1.82, 2.24) is 0 Å². The Hall–Kier alpha value is -3.37. The number of benzene rings is 3. The maximum atomic E-state index is 13.1. The van der Waals surface area contributed by atoms with Gasteiger partial charge in [0.25, 0.3) is 0 Å². The van der Waals surface area contributed by atoms with Crippen molar-refractivity contribution in [1.29, 1.82) is 0 Å². The molecule has 0 radical (unpaired) electrons. The molecular weight excluding hydrogens is 376 g/mol. The Bertz CT molecular complexity index is 1240. The van der Waals surface area contributed by atoms with Crippen molar-refractivity contribution in [3.63, 3.8) is 0 Å². The fourth-order valence-electron chi connectivity index (χ4n) is 2.93. The molecule has 0 aliphatic heterocycles. The van der Waals surface area contributed by atoms with Crippen LogP contribution in [0.15, 0.2) is 82.0 Å². The van der Waals surface area contributed by atoms with Gasteiger partial charge in [0.05, 0.1) is 16.0 Å². The van der Waals surface area contributed by atoms with Crippen molar-refractivity contribution < 1.29 is 13.9 Å². The van der Waals surface area contributed by atoms with E-state index in [2.05, 4.69) is 0 Å². The van der Waals surface area contributed by atoms with Gasteiger partial charge in [-0.2, -0.15) is 0 Å². The number of rotatable bonds is 3. The quantitative estimate of drug-likeness (QED) is 0.425. The molecule has 0 saturated carbocycles. The molecule has 5 heteroatoms. The lowest BCUT2D eigenvalue weighted by Crippen LogP contribution is -2.16. The van der Waals surface area contributed by atoms with Crippen molar-refractivity contribution >= 4 is 28.5 Å². The van der Waals surface area contributed by atoms with Crippen molar-refractivity contribution in [3.05, 3.63) is 99.2 Å². The lowest BCUT2D eigenvalue weighted by Gasteiger charge is -2.11. The van der Waals surface area contributed by atoms with Gasteiger partial charge in [-0.15, -0.1) is 0 Å². The molecule has 138 valence electrons. The zero-order valence-corrected chi connectivity index (χ0v) is 15.7. The number of hydrogen-bond donors (Lipinski definition) is 0. The number of fused-ring (bicyclic) bond motifs is 1. The van der Waals surface area contributed by atoms with Gasteiger partial charge in [-0.1, -0.05) is 60.1 Å². The first kappa shape index (κ1) is 18.0. The molecule has 0 saturated heterocycles. The summed E-state index contributed by atoms with van der Waals surface area (Å²) in [5, 5.41) is 0.585. The third-order valence-corrected chi connectivity index (χ3v) is 4.66. The van der Waals surface area contributed by atoms with Crippen molar-refractivity contribution in [2.45, 2.75) is 6.92 Å². The number of aryl methyl sites for hydroxylation is 1. The van der Waals surface area contributed by atoms with Gasteiger partial charge >= 0.3 is 5.97 Å². The molecule has 0 bridgehead atoms. The lowest BCUT2D eigenvalue weighted by molar-refractivity contribution is 0.0731. The molecule has 0 spiro atoms. The van der Waals surface area contributed by atoms with Gasteiger partial charge in [0.2, 0.25) is 11.2 Å². The highest BCUT2D eigenvalue weighted by Gasteiger charge is 2.22. The average Bonchev–Trinajstić information content (AvgIpc) is 2.70. The van der Waals surface area contributed by atoms with Crippen LogP contribution in [0.25, 0.3) is 22.3 Å². The summed E-state index contributed by atoms with van der Waals surface area (Å²) in [5.74, 6) is -0.682. The number of ether oxygens (including phenoxy) is 1. The molecule has 0 N–H and O–H groups in total. The summed E-state index contributed by atoms with van der Waals surface area (Å²) >= 11 is 6.09. The summed E-state index contributed by atoms with van der Waals surface area (Å²) in [6, 6.07) is 20.8. The van der Waals surface area contributed by atoms with E-state index in [-0.39, 0.29) is 22.1 Å². The normalized spacial score (nSPS) is 10.8. The number of hydrogen-bond acceptors (Lipinski definition) is 4. The van der Waals surface area contributed by atoms with Crippen LogP contribution < -0.4 is 10.2 Å². The van der Waals surface area contributed by atoms with E-state index >= 15 is 0 Å². The first-order valence-corrected chi connectivity index (χ1v) is 9.02. The Morgan fingerprint density at radius 2 is 1.68 bits per heavy atom. The van der Waals surface area contributed by atoms with Gasteiger partial charge in [0, 0.05) is 5.56 Å². The first-order valence-electron chi connectivity index (χ1n) is 8.64. The first-order chi connectivity index (χ1) is 13.5. The molecule has 4 rings (SSSR count). The van der Waals surface area contributed by atoms with Crippen LogP contribution in [0.1, 0.15) is 15.9 Å². The largest absolute Gasteiger partial charge is 0.452 e.